The van der Waals surface area contributed by atoms with E-state index in [9.17, 15) is 29.7 Å². The lowest BCUT2D eigenvalue weighted by Crippen LogP contribution is -2.76. The molecule has 1 aliphatic heterocycles. The SMILES string of the molecule is CC(=O)O[C@H]1C(=O)[C@]2(C)[C@@H](OCc3ccccc3)C[C@H](O)[C@@](O)(CO)[C@H]2[C@@H]2OC(=O)O[C@]23CCC(C)=C1C3(C)C. The fourth-order valence-electron chi connectivity index (χ4n) is 7.95. The molecule has 2 saturated carbocycles. The van der Waals surface area contributed by atoms with Gasteiger partial charge in [-0.1, -0.05) is 49.8 Å². The molecule has 3 fully saturated rings. The van der Waals surface area contributed by atoms with Gasteiger partial charge in [0.05, 0.1) is 30.8 Å². The molecule has 8 atom stereocenters. The minimum absolute atomic E-state index is 0.0862. The molecule has 0 aromatic heterocycles. The summed E-state index contributed by atoms with van der Waals surface area (Å²) < 4.78 is 23.9. The van der Waals surface area contributed by atoms with Crippen LogP contribution in [0.5, 0.6) is 0 Å². The van der Waals surface area contributed by atoms with Crippen molar-refractivity contribution in [3.63, 3.8) is 0 Å². The van der Waals surface area contributed by atoms with Gasteiger partial charge in [0.25, 0.3) is 0 Å². The number of esters is 1. The average molecular weight is 559 g/mol. The maximum absolute atomic E-state index is 14.9. The number of benzene rings is 1. The Morgan fingerprint density at radius 3 is 2.45 bits per heavy atom. The highest BCUT2D eigenvalue weighted by atomic mass is 16.8. The van der Waals surface area contributed by atoms with E-state index < -0.39 is 76.9 Å². The van der Waals surface area contributed by atoms with Gasteiger partial charge >= 0.3 is 12.1 Å². The fraction of sp³-hybridized carbons (Fsp3) is 0.633. The van der Waals surface area contributed by atoms with Crippen LogP contribution in [0, 0.1) is 16.7 Å². The molecule has 40 heavy (non-hydrogen) atoms. The lowest BCUT2D eigenvalue weighted by Gasteiger charge is -2.62. The van der Waals surface area contributed by atoms with Gasteiger partial charge in [-0.2, -0.15) is 0 Å². The number of aliphatic hydroxyl groups excluding tert-OH is 2. The van der Waals surface area contributed by atoms with Gasteiger partial charge in [-0.25, -0.2) is 4.79 Å². The fourth-order valence-corrected chi connectivity index (χ4v) is 7.95. The monoisotopic (exact) mass is 558 g/mol. The van der Waals surface area contributed by atoms with Crippen molar-refractivity contribution in [3.05, 3.63) is 47.0 Å². The number of ether oxygens (including phenoxy) is 4. The number of rotatable bonds is 5. The van der Waals surface area contributed by atoms with Gasteiger partial charge in [-0.15, -0.1) is 0 Å². The van der Waals surface area contributed by atoms with Crippen LogP contribution in [-0.4, -0.2) is 75.5 Å². The number of hydrogen-bond acceptors (Lipinski definition) is 10. The molecule has 1 aromatic carbocycles. The van der Waals surface area contributed by atoms with E-state index in [1.165, 1.54) is 6.92 Å². The number of hydrogen-bond donors (Lipinski definition) is 3. The van der Waals surface area contributed by atoms with Gasteiger partial charge in [-0.3, -0.25) is 9.59 Å². The van der Waals surface area contributed by atoms with E-state index in [1.54, 1.807) is 20.8 Å². The van der Waals surface area contributed by atoms with E-state index in [2.05, 4.69) is 0 Å². The first-order chi connectivity index (χ1) is 18.7. The molecule has 4 aliphatic rings. The van der Waals surface area contributed by atoms with Crippen molar-refractivity contribution in [1.29, 1.82) is 0 Å². The zero-order valence-electron chi connectivity index (χ0n) is 23.5. The smallest absolute Gasteiger partial charge is 0.450 e. The predicted molar refractivity (Wildman–Crippen MR) is 140 cm³/mol. The Hall–Kier alpha value is -2.79. The summed E-state index contributed by atoms with van der Waals surface area (Å²) >= 11 is 0. The summed E-state index contributed by atoms with van der Waals surface area (Å²) in [5.74, 6) is -2.61. The van der Waals surface area contributed by atoms with Crippen LogP contribution < -0.4 is 0 Å². The van der Waals surface area contributed by atoms with Gasteiger partial charge in [0, 0.05) is 24.7 Å². The summed E-state index contributed by atoms with van der Waals surface area (Å²) in [7, 11) is 0. The van der Waals surface area contributed by atoms with Gasteiger partial charge in [0.1, 0.15) is 5.60 Å². The van der Waals surface area contributed by atoms with Crippen LogP contribution in [0.2, 0.25) is 0 Å². The zero-order chi connectivity index (χ0) is 29.3. The summed E-state index contributed by atoms with van der Waals surface area (Å²) in [5.41, 5.74) is -4.28. The van der Waals surface area contributed by atoms with E-state index >= 15 is 0 Å². The maximum atomic E-state index is 14.9. The first kappa shape index (κ1) is 28.7. The second-order valence-electron chi connectivity index (χ2n) is 12.4. The molecule has 10 heteroatoms. The van der Waals surface area contributed by atoms with Crippen LogP contribution in [0.25, 0.3) is 0 Å². The molecule has 5 rings (SSSR count). The molecule has 1 spiro atoms. The van der Waals surface area contributed by atoms with Crippen LogP contribution in [-0.2, 0) is 35.1 Å². The van der Waals surface area contributed by atoms with Crippen molar-refractivity contribution in [2.24, 2.45) is 16.7 Å². The molecule has 218 valence electrons. The topological polar surface area (TPSA) is 149 Å². The minimum atomic E-state index is -2.27. The third kappa shape index (κ3) is 3.87. The first-order valence-corrected chi connectivity index (χ1v) is 13.7. The van der Waals surface area contributed by atoms with Crippen LogP contribution in [0.1, 0.15) is 59.4 Å². The van der Waals surface area contributed by atoms with Crippen molar-refractivity contribution < 1.29 is 48.7 Å². The lowest BCUT2D eigenvalue weighted by atomic mass is 9.45. The third-order valence-corrected chi connectivity index (χ3v) is 10.0. The molecule has 10 nitrogen and oxygen atoms in total. The Balaban J connectivity index is 1.77. The first-order valence-electron chi connectivity index (χ1n) is 13.7. The lowest BCUT2D eigenvalue weighted by molar-refractivity contribution is -0.270. The Morgan fingerprint density at radius 2 is 1.82 bits per heavy atom. The third-order valence-electron chi connectivity index (χ3n) is 10.0. The molecular formula is C30H38O10. The van der Waals surface area contributed by atoms with Crippen molar-refractivity contribution >= 4 is 17.9 Å². The van der Waals surface area contributed by atoms with E-state index in [0.717, 1.165) is 11.1 Å². The summed E-state index contributed by atoms with van der Waals surface area (Å²) in [6.07, 6.45) is -5.62. The largest absolute Gasteiger partial charge is 0.509 e. The van der Waals surface area contributed by atoms with Gasteiger partial charge < -0.3 is 34.3 Å². The predicted octanol–water partition coefficient (Wildman–Crippen LogP) is 2.61. The van der Waals surface area contributed by atoms with E-state index in [4.69, 9.17) is 18.9 Å². The van der Waals surface area contributed by atoms with Crippen molar-refractivity contribution in [3.8, 4) is 0 Å². The molecule has 0 amide bonds. The average Bonchev–Trinajstić information content (AvgIpc) is 3.23. The number of fused-ring (bicyclic) bond motifs is 3. The van der Waals surface area contributed by atoms with Crippen molar-refractivity contribution in [2.75, 3.05) is 6.61 Å². The Kier molecular flexibility index (Phi) is 6.93. The molecule has 2 bridgehead atoms. The van der Waals surface area contributed by atoms with Crippen molar-refractivity contribution in [2.45, 2.75) is 96.1 Å². The minimum Gasteiger partial charge on any atom is -0.450 e. The molecular weight excluding hydrogens is 520 g/mol. The number of carbonyl (C=O) groups excluding carboxylic acids is 3. The van der Waals surface area contributed by atoms with E-state index in [-0.39, 0.29) is 13.0 Å². The second-order valence-corrected chi connectivity index (χ2v) is 12.4. The molecule has 1 saturated heterocycles. The Bertz CT molecular complexity index is 1240. The summed E-state index contributed by atoms with van der Waals surface area (Å²) in [6, 6.07) is 9.26. The number of carbonyl (C=O) groups is 3. The molecule has 3 aliphatic carbocycles. The molecule has 3 N–H and O–H groups in total. The maximum Gasteiger partial charge on any atom is 0.509 e. The summed E-state index contributed by atoms with van der Waals surface area (Å²) in [6.45, 7) is 7.41. The molecule has 0 radical (unpaired) electrons. The quantitative estimate of drug-likeness (QED) is 0.364. The summed E-state index contributed by atoms with van der Waals surface area (Å²) in [5, 5.41) is 33.9. The van der Waals surface area contributed by atoms with Gasteiger partial charge in [0.2, 0.25) is 0 Å². The second kappa shape index (κ2) is 9.65. The van der Waals surface area contributed by atoms with Crippen LogP contribution >= 0.6 is 0 Å². The van der Waals surface area contributed by atoms with E-state index in [1.807, 2.05) is 37.3 Å². The molecule has 1 heterocycles. The highest BCUT2D eigenvalue weighted by Crippen LogP contribution is 2.64. The number of aliphatic hydroxyl groups is 3. The Labute approximate surface area is 233 Å². The standard InChI is InChI=1S/C30H38O10/c1-16-11-12-30-25(39-26(35)40-30)23-28(5,24(34)22(38-17(2)32)21(16)27(30,3)4)20(13-19(33)29(23,36)15-31)37-14-18-9-7-6-8-10-18/h6-10,19-20,22-23,25,31,33,36H,11-15H2,1-5H3/t19-,20-,22+,23-,25-,28+,29-,30+/m0/s1. The number of ketones is 1. The van der Waals surface area contributed by atoms with Crippen LogP contribution in [0.15, 0.2) is 41.5 Å². The normalized spacial score (nSPS) is 40.2. The van der Waals surface area contributed by atoms with Crippen molar-refractivity contribution in [1.82, 2.24) is 0 Å². The van der Waals surface area contributed by atoms with Crippen LogP contribution in [0.3, 0.4) is 0 Å². The number of Topliss-reactive ketones (excluding diaryl/α,β-unsaturated/α-hetero) is 1. The highest BCUT2D eigenvalue weighted by Gasteiger charge is 2.77. The van der Waals surface area contributed by atoms with Gasteiger partial charge in [-0.05, 0) is 37.8 Å². The molecule has 1 aromatic rings. The van der Waals surface area contributed by atoms with Crippen LogP contribution in [0.4, 0.5) is 4.79 Å². The molecule has 0 unspecified atom stereocenters. The summed E-state index contributed by atoms with van der Waals surface area (Å²) in [4.78, 5) is 40.2. The zero-order valence-corrected chi connectivity index (χ0v) is 23.5. The van der Waals surface area contributed by atoms with Gasteiger partial charge in [0.15, 0.2) is 23.6 Å². The van der Waals surface area contributed by atoms with E-state index in [0.29, 0.717) is 18.4 Å². The Morgan fingerprint density at radius 1 is 1.15 bits per heavy atom. The highest BCUT2D eigenvalue weighted by molar-refractivity contribution is 5.95. The number of allylic oxidation sites excluding steroid dienone is 1.